The summed E-state index contributed by atoms with van der Waals surface area (Å²) in [5, 5.41) is 2.60. The van der Waals surface area contributed by atoms with E-state index in [1.807, 2.05) is 6.92 Å². The van der Waals surface area contributed by atoms with Crippen LogP contribution in [0.25, 0.3) is 0 Å². The van der Waals surface area contributed by atoms with E-state index in [0.29, 0.717) is 6.42 Å². The zero-order valence-corrected chi connectivity index (χ0v) is 10.1. The highest BCUT2D eigenvalue weighted by atomic mass is 16.2. The lowest BCUT2D eigenvalue weighted by molar-refractivity contribution is -0.135. The van der Waals surface area contributed by atoms with Gasteiger partial charge in [0, 0.05) is 14.1 Å². The summed E-state index contributed by atoms with van der Waals surface area (Å²) < 4.78 is 0. The number of carbonyl (C=O) groups excluding carboxylic acids is 2. The average Bonchev–Trinajstić information content (AvgIpc) is 2.16. The van der Waals surface area contributed by atoms with Crippen molar-refractivity contribution in [3.05, 3.63) is 0 Å². The van der Waals surface area contributed by atoms with Gasteiger partial charge in [-0.05, 0) is 20.3 Å². The van der Waals surface area contributed by atoms with Crippen molar-refractivity contribution >= 4 is 11.8 Å². The third-order valence-electron chi connectivity index (χ3n) is 2.41. The summed E-state index contributed by atoms with van der Waals surface area (Å²) in [6.45, 7) is 5.12. The molecule has 88 valence electrons. The van der Waals surface area contributed by atoms with Crippen LogP contribution in [0, 0.1) is 0 Å². The van der Waals surface area contributed by atoms with Crippen molar-refractivity contribution in [2.24, 2.45) is 5.73 Å². The van der Waals surface area contributed by atoms with Gasteiger partial charge in [-0.2, -0.15) is 0 Å². The van der Waals surface area contributed by atoms with E-state index in [1.54, 1.807) is 27.9 Å². The van der Waals surface area contributed by atoms with Crippen LogP contribution in [-0.2, 0) is 9.59 Å². The lowest BCUT2D eigenvalue weighted by Gasteiger charge is -2.25. The molecular formula is C10H21N3O2. The Morgan fingerprint density at radius 3 is 2.27 bits per heavy atom. The number of likely N-dealkylation sites (N-methyl/N-ethyl adjacent to an activating group) is 1. The molecule has 0 spiro atoms. The van der Waals surface area contributed by atoms with Gasteiger partial charge in [0.25, 0.3) is 0 Å². The van der Waals surface area contributed by atoms with Crippen LogP contribution in [0.2, 0.25) is 0 Å². The first kappa shape index (κ1) is 13.9. The van der Waals surface area contributed by atoms with Crippen LogP contribution < -0.4 is 11.1 Å². The number of carbonyl (C=O) groups is 2. The molecule has 0 aliphatic rings. The van der Waals surface area contributed by atoms with Crippen molar-refractivity contribution in [3.63, 3.8) is 0 Å². The van der Waals surface area contributed by atoms with Gasteiger partial charge in [0.2, 0.25) is 11.8 Å². The topological polar surface area (TPSA) is 75.4 Å². The fraction of sp³-hybridized carbons (Fsp3) is 0.800. The van der Waals surface area contributed by atoms with E-state index in [-0.39, 0.29) is 11.8 Å². The van der Waals surface area contributed by atoms with Gasteiger partial charge in [-0.15, -0.1) is 0 Å². The molecule has 0 fully saturated rings. The van der Waals surface area contributed by atoms with Gasteiger partial charge >= 0.3 is 0 Å². The summed E-state index contributed by atoms with van der Waals surface area (Å²) >= 11 is 0. The highest BCUT2D eigenvalue weighted by Gasteiger charge is 2.28. The number of rotatable bonds is 4. The van der Waals surface area contributed by atoms with Gasteiger partial charge in [-0.3, -0.25) is 9.59 Å². The highest BCUT2D eigenvalue weighted by Crippen LogP contribution is 2.05. The van der Waals surface area contributed by atoms with Gasteiger partial charge in [0.05, 0.1) is 5.54 Å². The second kappa shape index (κ2) is 5.11. The maximum atomic E-state index is 11.6. The average molecular weight is 215 g/mol. The van der Waals surface area contributed by atoms with E-state index in [9.17, 15) is 9.59 Å². The molecule has 2 amide bonds. The van der Waals surface area contributed by atoms with E-state index in [2.05, 4.69) is 5.32 Å². The molecule has 0 aromatic heterocycles. The SMILES string of the molecule is CCC(C)(N)C(=O)NC(C)C(=O)N(C)C. The van der Waals surface area contributed by atoms with Gasteiger partial charge in [-0.25, -0.2) is 0 Å². The van der Waals surface area contributed by atoms with Gasteiger partial charge in [0.1, 0.15) is 6.04 Å². The Bertz CT molecular complexity index is 249. The molecule has 0 aromatic rings. The minimum atomic E-state index is -0.916. The number of nitrogens with one attached hydrogen (secondary N) is 1. The van der Waals surface area contributed by atoms with E-state index >= 15 is 0 Å². The summed E-state index contributed by atoms with van der Waals surface area (Å²) in [7, 11) is 3.29. The van der Waals surface area contributed by atoms with E-state index in [0.717, 1.165) is 0 Å². The monoisotopic (exact) mass is 215 g/mol. The lowest BCUT2D eigenvalue weighted by Crippen LogP contribution is -2.56. The number of nitrogens with two attached hydrogens (primary N) is 1. The minimum Gasteiger partial charge on any atom is -0.347 e. The maximum absolute atomic E-state index is 11.6. The molecule has 0 aliphatic carbocycles. The molecule has 0 saturated heterocycles. The lowest BCUT2D eigenvalue weighted by atomic mass is 9.99. The normalized spacial score (nSPS) is 16.4. The molecular weight excluding hydrogens is 194 g/mol. The van der Waals surface area contributed by atoms with Gasteiger partial charge < -0.3 is 16.0 Å². The molecule has 0 saturated carbocycles. The molecule has 2 unspecified atom stereocenters. The molecule has 0 bridgehead atoms. The first-order valence-corrected chi connectivity index (χ1v) is 5.03. The standard InChI is InChI=1S/C10H21N3O2/c1-6-10(3,11)9(15)12-7(2)8(14)13(4)5/h7H,6,11H2,1-5H3,(H,12,15). The van der Waals surface area contributed by atoms with Crippen molar-refractivity contribution in [3.8, 4) is 0 Å². The molecule has 5 heteroatoms. The van der Waals surface area contributed by atoms with Crippen LogP contribution in [0.1, 0.15) is 27.2 Å². The molecule has 15 heavy (non-hydrogen) atoms. The smallest absolute Gasteiger partial charge is 0.244 e. The second-order valence-corrected chi connectivity index (χ2v) is 4.20. The molecule has 3 N–H and O–H groups in total. The Hall–Kier alpha value is -1.10. The number of nitrogens with zero attached hydrogens (tertiary/aromatic N) is 1. The third kappa shape index (κ3) is 3.87. The molecule has 5 nitrogen and oxygen atoms in total. The van der Waals surface area contributed by atoms with Crippen LogP contribution in [0.15, 0.2) is 0 Å². The van der Waals surface area contributed by atoms with Crippen LogP contribution in [0.3, 0.4) is 0 Å². The molecule has 0 rings (SSSR count). The van der Waals surface area contributed by atoms with Crippen LogP contribution in [0.5, 0.6) is 0 Å². The largest absolute Gasteiger partial charge is 0.347 e. The molecule has 0 radical (unpaired) electrons. The maximum Gasteiger partial charge on any atom is 0.244 e. The Morgan fingerprint density at radius 2 is 1.93 bits per heavy atom. The predicted octanol–water partition coefficient (Wildman–Crippen LogP) is -0.293. The Balaban J connectivity index is 4.37. The first-order valence-electron chi connectivity index (χ1n) is 5.03. The summed E-state index contributed by atoms with van der Waals surface area (Å²) in [6.07, 6.45) is 0.529. The van der Waals surface area contributed by atoms with Crippen LogP contribution in [-0.4, -0.2) is 42.4 Å². The van der Waals surface area contributed by atoms with E-state index < -0.39 is 11.6 Å². The zero-order valence-electron chi connectivity index (χ0n) is 10.1. The molecule has 0 aliphatic heterocycles. The fourth-order valence-corrected chi connectivity index (χ4v) is 0.971. The number of amides is 2. The van der Waals surface area contributed by atoms with Crippen molar-refractivity contribution in [2.45, 2.75) is 38.8 Å². The highest BCUT2D eigenvalue weighted by molar-refractivity contribution is 5.91. The molecule has 2 atom stereocenters. The zero-order chi connectivity index (χ0) is 12.2. The van der Waals surface area contributed by atoms with Crippen LogP contribution >= 0.6 is 0 Å². The van der Waals surface area contributed by atoms with Gasteiger partial charge in [0.15, 0.2) is 0 Å². The van der Waals surface area contributed by atoms with E-state index in [4.69, 9.17) is 5.73 Å². The van der Waals surface area contributed by atoms with E-state index in [1.165, 1.54) is 4.90 Å². The Labute approximate surface area is 91.0 Å². The summed E-state index contributed by atoms with van der Waals surface area (Å²) in [6, 6.07) is -0.540. The summed E-state index contributed by atoms with van der Waals surface area (Å²) in [5.74, 6) is -0.442. The van der Waals surface area contributed by atoms with Crippen molar-refractivity contribution < 1.29 is 9.59 Å². The third-order valence-corrected chi connectivity index (χ3v) is 2.41. The fourth-order valence-electron chi connectivity index (χ4n) is 0.971. The summed E-state index contributed by atoms with van der Waals surface area (Å²) in [4.78, 5) is 24.5. The van der Waals surface area contributed by atoms with Crippen molar-refractivity contribution in [2.75, 3.05) is 14.1 Å². The number of hydrogen-bond donors (Lipinski definition) is 2. The molecule has 0 heterocycles. The minimum absolute atomic E-state index is 0.143. The van der Waals surface area contributed by atoms with Crippen molar-refractivity contribution in [1.82, 2.24) is 10.2 Å². The first-order chi connectivity index (χ1) is 6.72. The second-order valence-electron chi connectivity index (χ2n) is 4.20. The summed E-state index contributed by atoms with van der Waals surface area (Å²) in [5.41, 5.74) is 4.83. The van der Waals surface area contributed by atoms with Gasteiger partial charge in [-0.1, -0.05) is 6.92 Å². The quantitative estimate of drug-likeness (QED) is 0.676. The Kier molecular flexibility index (Phi) is 4.74. The Morgan fingerprint density at radius 1 is 1.47 bits per heavy atom. The molecule has 0 aromatic carbocycles. The van der Waals surface area contributed by atoms with Crippen LogP contribution in [0.4, 0.5) is 0 Å². The van der Waals surface area contributed by atoms with Crippen molar-refractivity contribution in [1.29, 1.82) is 0 Å². The number of hydrogen-bond acceptors (Lipinski definition) is 3. The predicted molar refractivity (Wildman–Crippen MR) is 59.2 cm³/mol.